The van der Waals surface area contributed by atoms with Crippen LogP contribution in [-0.2, 0) is 17.8 Å². The number of carbonyl (C=O) groups is 1. The highest BCUT2D eigenvalue weighted by Crippen LogP contribution is 2.10. The summed E-state index contributed by atoms with van der Waals surface area (Å²) in [5.74, 6) is -0.632. The highest BCUT2D eigenvalue weighted by Gasteiger charge is 2.22. The average Bonchev–Trinajstić information content (AvgIpc) is 2.39. The Morgan fingerprint density at radius 3 is 2.22 bits per heavy atom. The zero-order valence-electron chi connectivity index (χ0n) is 11.4. The van der Waals surface area contributed by atoms with Gasteiger partial charge in [-0.3, -0.25) is 4.79 Å². The van der Waals surface area contributed by atoms with Crippen LogP contribution in [0, 0.1) is 5.92 Å². The van der Waals surface area contributed by atoms with Crippen molar-refractivity contribution in [2.75, 3.05) is 0 Å². The number of nitrogens with one attached hydrogen (secondary N) is 1. The highest BCUT2D eigenvalue weighted by molar-refractivity contribution is 5.73. The minimum Gasteiger partial charge on any atom is -0.480 e. The summed E-state index contributed by atoms with van der Waals surface area (Å²) in [6, 6.07) is 7.83. The van der Waals surface area contributed by atoms with E-state index in [4.69, 9.17) is 0 Å². The average molecular weight is 249 g/mol. The molecule has 0 radical (unpaired) electrons. The van der Waals surface area contributed by atoms with Crippen LogP contribution in [-0.4, -0.2) is 17.1 Å². The molecule has 0 unspecified atom stereocenters. The van der Waals surface area contributed by atoms with E-state index in [1.165, 1.54) is 5.56 Å². The van der Waals surface area contributed by atoms with Gasteiger partial charge in [0.25, 0.3) is 0 Å². The first-order valence-electron chi connectivity index (χ1n) is 6.62. The molecule has 3 nitrogen and oxygen atoms in total. The Morgan fingerprint density at radius 2 is 1.78 bits per heavy atom. The van der Waals surface area contributed by atoms with E-state index in [0.29, 0.717) is 6.54 Å². The van der Waals surface area contributed by atoms with E-state index in [2.05, 4.69) is 36.5 Å². The third-order valence-electron chi connectivity index (χ3n) is 3.44. The second-order valence-electron chi connectivity index (χ2n) is 4.75. The Hall–Kier alpha value is -1.35. The maximum atomic E-state index is 11.2. The molecule has 0 aromatic heterocycles. The van der Waals surface area contributed by atoms with Gasteiger partial charge in [0.15, 0.2) is 0 Å². The van der Waals surface area contributed by atoms with Crippen molar-refractivity contribution < 1.29 is 9.90 Å². The molecule has 0 saturated heterocycles. The number of hydrogen-bond donors (Lipinski definition) is 2. The second-order valence-corrected chi connectivity index (χ2v) is 4.75. The number of hydrogen-bond acceptors (Lipinski definition) is 2. The predicted molar refractivity (Wildman–Crippen MR) is 73.5 cm³/mol. The fourth-order valence-corrected chi connectivity index (χ4v) is 1.89. The van der Waals surface area contributed by atoms with Crippen LogP contribution in [0.3, 0.4) is 0 Å². The van der Waals surface area contributed by atoms with Crippen molar-refractivity contribution in [3.63, 3.8) is 0 Å². The fourth-order valence-electron chi connectivity index (χ4n) is 1.89. The van der Waals surface area contributed by atoms with Gasteiger partial charge in [0.1, 0.15) is 6.04 Å². The minimum absolute atomic E-state index is 0.136. The first-order chi connectivity index (χ1) is 8.58. The van der Waals surface area contributed by atoms with E-state index in [1.807, 2.05) is 13.8 Å². The molecule has 0 spiro atoms. The van der Waals surface area contributed by atoms with E-state index < -0.39 is 12.0 Å². The monoisotopic (exact) mass is 249 g/mol. The van der Waals surface area contributed by atoms with Gasteiger partial charge in [0, 0.05) is 6.54 Å². The number of rotatable bonds is 7. The van der Waals surface area contributed by atoms with Gasteiger partial charge in [0.05, 0.1) is 0 Å². The van der Waals surface area contributed by atoms with E-state index in [-0.39, 0.29) is 5.92 Å². The largest absolute Gasteiger partial charge is 0.480 e. The van der Waals surface area contributed by atoms with Gasteiger partial charge >= 0.3 is 5.97 Å². The predicted octanol–water partition coefficient (Wildman–Crippen LogP) is 2.84. The Morgan fingerprint density at radius 1 is 1.22 bits per heavy atom. The molecule has 0 aliphatic heterocycles. The fraction of sp³-hybridized carbons (Fsp3) is 0.533. The third kappa shape index (κ3) is 4.15. The van der Waals surface area contributed by atoms with Crippen LogP contribution >= 0.6 is 0 Å². The lowest BCUT2D eigenvalue weighted by Crippen LogP contribution is -2.41. The molecule has 0 amide bonds. The third-order valence-corrected chi connectivity index (χ3v) is 3.44. The van der Waals surface area contributed by atoms with Gasteiger partial charge in [-0.1, -0.05) is 51.5 Å². The molecule has 18 heavy (non-hydrogen) atoms. The molecule has 1 aromatic carbocycles. The van der Waals surface area contributed by atoms with Crippen LogP contribution in [0.1, 0.15) is 38.3 Å². The smallest absolute Gasteiger partial charge is 0.320 e. The summed E-state index contributed by atoms with van der Waals surface area (Å²) in [4.78, 5) is 11.2. The molecule has 2 N–H and O–H groups in total. The lowest BCUT2D eigenvalue weighted by Gasteiger charge is -2.20. The van der Waals surface area contributed by atoms with E-state index in [9.17, 15) is 9.90 Å². The highest BCUT2D eigenvalue weighted by atomic mass is 16.4. The summed E-state index contributed by atoms with van der Waals surface area (Å²) in [5, 5.41) is 12.3. The normalized spacial score (nSPS) is 14.2. The lowest BCUT2D eigenvalue weighted by molar-refractivity contribution is -0.140. The van der Waals surface area contributed by atoms with Gasteiger partial charge < -0.3 is 10.4 Å². The summed E-state index contributed by atoms with van der Waals surface area (Å²) in [6.07, 6.45) is 1.89. The van der Waals surface area contributed by atoms with Gasteiger partial charge in [0.2, 0.25) is 0 Å². The zero-order valence-corrected chi connectivity index (χ0v) is 11.4. The van der Waals surface area contributed by atoms with Gasteiger partial charge in [-0.15, -0.1) is 0 Å². The van der Waals surface area contributed by atoms with Crippen molar-refractivity contribution in [1.29, 1.82) is 0 Å². The second kappa shape index (κ2) is 7.17. The van der Waals surface area contributed by atoms with E-state index >= 15 is 0 Å². The molecule has 1 aromatic rings. The van der Waals surface area contributed by atoms with Gasteiger partial charge in [-0.2, -0.15) is 0 Å². The first kappa shape index (κ1) is 14.7. The molecule has 3 heteroatoms. The number of aryl methyl sites for hydroxylation is 1. The summed E-state index contributed by atoms with van der Waals surface area (Å²) in [6.45, 7) is 6.70. The molecule has 1 rings (SSSR count). The van der Waals surface area contributed by atoms with Crippen LogP contribution in [0.25, 0.3) is 0 Å². The number of carboxylic acid groups (broad SMARTS) is 1. The molecule has 0 aliphatic carbocycles. The van der Waals surface area contributed by atoms with Crippen LogP contribution in [0.4, 0.5) is 0 Å². The molecule has 0 aliphatic rings. The van der Waals surface area contributed by atoms with Crippen molar-refractivity contribution in [2.24, 2.45) is 5.92 Å². The van der Waals surface area contributed by atoms with Crippen LogP contribution in [0.2, 0.25) is 0 Å². The Kier molecular flexibility index (Phi) is 5.86. The SMILES string of the molecule is CCc1ccc(CN[C@H](C(=O)O)[C@@H](C)CC)cc1. The molecular formula is C15H23NO2. The van der Waals surface area contributed by atoms with E-state index in [0.717, 1.165) is 18.4 Å². The Labute approximate surface area is 109 Å². The standard InChI is InChI=1S/C15H23NO2/c1-4-11(3)14(15(17)18)16-10-13-8-6-12(5-2)7-9-13/h6-9,11,14,16H,4-5,10H2,1-3H3,(H,17,18)/t11-,14-/m0/s1. The maximum Gasteiger partial charge on any atom is 0.320 e. The Bertz CT molecular complexity index is 373. The van der Waals surface area contributed by atoms with Crippen molar-refractivity contribution in [3.05, 3.63) is 35.4 Å². The first-order valence-corrected chi connectivity index (χ1v) is 6.62. The minimum atomic E-state index is -0.769. The van der Waals surface area contributed by atoms with Crippen LogP contribution in [0.5, 0.6) is 0 Å². The molecule has 0 saturated carbocycles. The van der Waals surface area contributed by atoms with Gasteiger partial charge in [-0.25, -0.2) is 0 Å². The lowest BCUT2D eigenvalue weighted by atomic mass is 9.99. The molecule has 100 valence electrons. The van der Waals surface area contributed by atoms with Gasteiger partial charge in [-0.05, 0) is 23.5 Å². The van der Waals surface area contributed by atoms with Crippen molar-refractivity contribution >= 4 is 5.97 Å². The van der Waals surface area contributed by atoms with Crippen molar-refractivity contribution in [1.82, 2.24) is 5.32 Å². The quantitative estimate of drug-likeness (QED) is 0.781. The number of benzene rings is 1. The molecular weight excluding hydrogens is 226 g/mol. The number of carboxylic acids is 1. The summed E-state index contributed by atoms with van der Waals surface area (Å²) < 4.78 is 0. The van der Waals surface area contributed by atoms with Crippen molar-refractivity contribution in [3.8, 4) is 0 Å². The zero-order chi connectivity index (χ0) is 13.5. The topological polar surface area (TPSA) is 49.3 Å². The summed E-state index contributed by atoms with van der Waals surface area (Å²) in [7, 11) is 0. The molecule has 2 atom stereocenters. The van der Waals surface area contributed by atoms with Crippen molar-refractivity contribution in [2.45, 2.75) is 46.2 Å². The van der Waals surface area contributed by atoms with E-state index in [1.54, 1.807) is 0 Å². The van der Waals surface area contributed by atoms with Crippen LogP contribution < -0.4 is 5.32 Å². The maximum absolute atomic E-state index is 11.2. The summed E-state index contributed by atoms with van der Waals surface area (Å²) >= 11 is 0. The molecule has 0 bridgehead atoms. The van der Waals surface area contributed by atoms with Crippen LogP contribution in [0.15, 0.2) is 24.3 Å². The molecule has 0 heterocycles. The number of aliphatic carboxylic acids is 1. The Balaban J connectivity index is 2.58. The molecule has 0 fully saturated rings. The summed E-state index contributed by atoms with van der Waals surface area (Å²) in [5.41, 5.74) is 2.43.